The molecule has 4 rings (SSSR count). The topological polar surface area (TPSA) is 152 Å². The second kappa shape index (κ2) is 11.5. The molecule has 0 aromatic heterocycles. The highest BCUT2D eigenvalue weighted by molar-refractivity contribution is 8.03. The Bertz CT molecular complexity index is 1240. The van der Waals surface area contributed by atoms with Gasteiger partial charge in [0.15, 0.2) is 5.78 Å². The number of methoxy groups -OCH3 is 1. The Balaban J connectivity index is 1.85. The lowest BCUT2D eigenvalue weighted by molar-refractivity contribution is -0.205. The molecule has 0 bridgehead atoms. The summed E-state index contributed by atoms with van der Waals surface area (Å²) in [4.78, 5) is 13.0. The van der Waals surface area contributed by atoms with Gasteiger partial charge in [0, 0.05) is 5.57 Å². The Labute approximate surface area is 218 Å². The van der Waals surface area contributed by atoms with E-state index >= 15 is 0 Å². The first kappa shape index (κ1) is 26.9. The van der Waals surface area contributed by atoms with Crippen molar-refractivity contribution in [2.24, 2.45) is 0 Å². The van der Waals surface area contributed by atoms with Gasteiger partial charge in [0.1, 0.15) is 35.6 Å². The number of allylic oxidation sites excluding steroid dienone is 2. The lowest BCUT2D eigenvalue weighted by atomic mass is 9.79. The lowest BCUT2D eigenvalue weighted by Crippen LogP contribution is -2.57. The van der Waals surface area contributed by atoms with Crippen LogP contribution in [0.1, 0.15) is 24.0 Å². The zero-order valence-electron chi connectivity index (χ0n) is 20.2. The largest absolute Gasteiger partial charge is 0.497 e. The number of nitrogens with zero attached hydrogens (tertiary/aromatic N) is 1. The van der Waals surface area contributed by atoms with E-state index in [0.29, 0.717) is 27.6 Å². The van der Waals surface area contributed by atoms with Crippen LogP contribution in [0.15, 0.2) is 70.8 Å². The van der Waals surface area contributed by atoms with Gasteiger partial charge >= 0.3 is 0 Å². The maximum absolute atomic E-state index is 13.0. The Morgan fingerprint density at radius 3 is 2.32 bits per heavy atom. The van der Waals surface area contributed by atoms with Gasteiger partial charge in [-0.25, -0.2) is 0 Å². The fourth-order valence-corrected chi connectivity index (χ4v) is 5.68. The van der Waals surface area contributed by atoms with Gasteiger partial charge in [0.2, 0.25) is 0 Å². The zero-order valence-corrected chi connectivity index (χ0v) is 21.1. The Hall–Kier alpha value is -3.17. The van der Waals surface area contributed by atoms with E-state index in [1.54, 1.807) is 31.4 Å². The number of nitriles is 1. The molecule has 1 saturated heterocycles. The van der Waals surface area contributed by atoms with Crippen molar-refractivity contribution in [2.75, 3.05) is 13.7 Å². The number of ketones is 1. The fourth-order valence-electron chi connectivity index (χ4n) is 4.50. The number of hydrogen-bond donors (Lipinski definition) is 5. The molecule has 1 unspecified atom stereocenters. The molecule has 0 saturated carbocycles. The summed E-state index contributed by atoms with van der Waals surface area (Å²) in [5.41, 5.74) is 1.40. The molecule has 2 aromatic rings. The number of aliphatic hydroxyl groups excluding tert-OH is 4. The maximum atomic E-state index is 13.0. The summed E-state index contributed by atoms with van der Waals surface area (Å²) in [6, 6.07) is 18.5. The van der Waals surface area contributed by atoms with E-state index in [1.807, 2.05) is 30.3 Å². The number of carbonyl (C=O) groups excluding carboxylic acids is 1. The minimum absolute atomic E-state index is 0.219. The average Bonchev–Trinajstić information content (AvgIpc) is 2.92. The molecule has 0 amide bonds. The molecule has 10 heteroatoms. The number of aliphatic hydroxyl groups is 4. The lowest BCUT2D eigenvalue weighted by Gasteiger charge is -2.40. The first-order valence-corrected chi connectivity index (χ1v) is 12.5. The standard InChI is InChI=1S/C27H28N2O7S/c1-14(31)20-21(15-8-10-17(35-2)11-9-15)18(12-28)26(29-22(20)16-6-4-3-5-7-16)37-27-25(34)24(33)23(32)19(13-30)36-27/h3-11,19,21,23-25,27,29-30,32-34H,13H2,1-2H3/t19-,21?,23+,24+,25-,27+/m1/s1. The van der Waals surface area contributed by atoms with Crippen molar-refractivity contribution >= 4 is 23.2 Å². The molecule has 2 aliphatic heterocycles. The van der Waals surface area contributed by atoms with Crippen LogP contribution in [0.3, 0.4) is 0 Å². The van der Waals surface area contributed by atoms with Gasteiger partial charge in [-0.2, -0.15) is 5.26 Å². The van der Waals surface area contributed by atoms with Crippen LogP contribution in [-0.2, 0) is 9.53 Å². The van der Waals surface area contributed by atoms with Crippen molar-refractivity contribution in [1.29, 1.82) is 5.26 Å². The number of Topliss-reactive ketones (excluding diaryl/α,β-unsaturated/α-hetero) is 1. The number of nitrogens with one attached hydrogen (secondary N) is 1. The number of dihydropyridines is 1. The first-order valence-electron chi connectivity index (χ1n) is 11.6. The van der Waals surface area contributed by atoms with Gasteiger partial charge < -0.3 is 35.2 Å². The highest BCUT2D eigenvalue weighted by Crippen LogP contribution is 2.45. The number of benzene rings is 2. The van der Waals surface area contributed by atoms with Crippen LogP contribution in [0.4, 0.5) is 0 Å². The van der Waals surface area contributed by atoms with Crippen molar-refractivity contribution in [2.45, 2.75) is 42.7 Å². The molecular formula is C27H28N2O7S. The number of rotatable bonds is 7. The Morgan fingerprint density at radius 1 is 1.08 bits per heavy atom. The molecule has 194 valence electrons. The fraction of sp³-hybridized carbons (Fsp3) is 0.333. The van der Waals surface area contributed by atoms with Crippen molar-refractivity contribution in [3.63, 3.8) is 0 Å². The minimum Gasteiger partial charge on any atom is -0.497 e. The van der Waals surface area contributed by atoms with Crippen molar-refractivity contribution in [1.82, 2.24) is 5.32 Å². The van der Waals surface area contributed by atoms with E-state index in [0.717, 1.165) is 17.3 Å². The summed E-state index contributed by atoms with van der Waals surface area (Å²) < 4.78 is 10.9. The molecule has 2 aliphatic rings. The predicted octanol–water partition coefficient (Wildman–Crippen LogP) is 1.65. The summed E-state index contributed by atoms with van der Waals surface area (Å²) in [6.07, 6.45) is -5.67. The molecular weight excluding hydrogens is 496 g/mol. The summed E-state index contributed by atoms with van der Waals surface area (Å²) in [5.74, 6) is -0.346. The van der Waals surface area contributed by atoms with Gasteiger partial charge in [-0.1, -0.05) is 54.2 Å². The third-order valence-electron chi connectivity index (χ3n) is 6.42. The van der Waals surface area contributed by atoms with E-state index < -0.39 is 42.4 Å². The zero-order chi connectivity index (χ0) is 26.7. The number of hydrogen-bond acceptors (Lipinski definition) is 10. The van der Waals surface area contributed by atoms with Gasteiger partial charge in [-0.3, -0.25) is 4.79 Å². The third-order valence-corrected chi connectivity index (χ3v) is 7.60. The normalized spacial score (nSPS) is 27.9. The second-order valence-corrected chi connectivity index (χ2v) is 9.82. The highest BCUT2D eigenvalue weighted by atomic mass is 32.2. The van der Waals surface area contributed by atoms with Gasteiger partial charge in [0.25, 0.3) is 0 Å². The van der Waals surface area contributed by atoms with Crippen LogP contribution in [0.5, 0.6) is 5.75 Å². The van der Waals surface area contributed by atoms with E-state index in [9.17, 15) is 30.5 Å². The summed E-state index contributed by atoms with van der Waals surface area (Å²) in [7, 11) is 1.55. The molecule has 1 fully saturated rings. The van der Waals surface area contributed by atoms with E-state index in [1.165, 1.54) is 6.92 Å². The van der Waals surface area contributed by atoms with E-state index in [4.69, 9.17) is 9.47 Å². The predicted molar refractivity (Wildman–Crippen MR) is 137 cm³/mol. The molecule has 0 spiro atoms. The number of ether oxygens (including phenoxy) is 2. The number of thioether (sulfide) groups is 1. The van der Waals surface area contributed by atoms with Crippen molar-refractivity contribution in [3.8, 4) is 11.8 Å². The molecule has 0 radical (unpaired) electrons. The molecule has 2 heterocycles. The van der Waals surface area contributed by atoms with Crippen LogP contribution in [0.2, 0.25) is 0 Å². The van der Waals surface area contributed by atoms with Crippen LogP contribution >= 0.6 is 11.8 Å². The van der Waals surface area contributed by atoms with Gasteiger partial charge in [-0.05, 0) is 30.2 Å². The highest BCUT2D eigenvalue weighted by Gasteiger charge is 2.45. The Morgan fingerprint density at radius 2 is 1.76 bits per heavy atom. The van der Waals surface area contributed by atoms with Crippen molar-refractivity contribution < 1.29 is 34.7 Å². The van der Waals surface area contributed by atoms with E-state index in [-0.39, 0.29) is 11.4 Å². The molecule has 0 aliphatic carbocycles. The first-order chi connectivity index (χ1) is 17.8. The van der Waals surface area contributed by atoms with Crippen LogP contribution in [-0.4, -0.2) is 69.8 Å². The monoisotopic (exact) mass is 524 g/mol. The number of carbonyl (C=O) groups is 1. The SMILES string of the molecule is COc1ccc(C2C(C#N)=C(S[C@@H]3O[C@H](CO)[C@H](O)[C@H](O)[C@H]3O)NC(c3ccccc3)=C2C(C)=O)cc1. The van der Waals surface area contributed by atoms with Gasteiger partial charge in [-0.15, -0.1) is 0 Å². The smallest absolute Gasteiger partial charge is 0.158 e. The van der Waals surface area contributed by atoms with Gasteiger partial charge in [0.05, 0.1) is 42.0 Å². The van der Waals surface area contributed by atoms with Crippen LogP contribution in [0, 0.1) is 11.3 Å². The second-order valence-electron chi connectivity index (χ2n) is 8.71. The molecule has 37 heavy (non-hydrogen) atoms. The maximum Gasteiger partial charge on any atom is 0.158 e. The van der Waals surface area contributed by atoms with Crippen LogP contribution < -0.4 is 10.1 Å². The summed E-state index contributed by atoms with van der Waals surface area (Å²) >= 11 is 0.947. The van der Waals surface area contributed by atoms with E-state index in [2.05, 4.69) is 11.4 Å². The molecule has 5 N–H and O–H groups in total. The molecule has 2 aromatic carbocycles. The minimum atomic E-state index is -1.56. The third kappa shape index (κ3) is 5.29. The quantitative estimate of drug-likeness (QED) is 0.361. The summed E-state index contributed by atoms with van der Waals surface area (Å²) in [5, 5.41) is 54.5. The average molecular weight is 525 g/mol. The Kier molecular flexibility index (Phi) is 8.34. The molecule has 6 atom stereocenters. The molecule has 9 nitrogen and oxygen atoms in total. The van der Waals surface area contributed by atoms with Crippen LogP contribution in [0.25, 0.3) is 5.70 Å². The van der Waals surface area contributed by atoms with Crippen molar-refractivity contribution in [3.05, 3.63) is 81.9 Å². The summed E-state index contributed by atoms with van der Waals surface area (Å²) in [6.45, 7) is 0.874.